The van der Waals surface area contributed by atoms with E-state index in [0.717, 1.165) is 11.3 Å². The van der Waals surface area contributed by atoms with Gasteiger partial charge in [-0.25, -0.2) is 0 Å². The van der Waals surface area contributed by atoms with Gasteiger partial charge in [0.1, 0.15) is 11.5 Å². The molecule has 4 heteroatoms. The highest BCUT2D eigenvalue weighted by molar-refractivity contribution is 6.04. The molecule has 0 amide bonds. The van der Waals surface area contributed by atoms with Crippen LogP contribution in [0.3, 0.4) is 0 Å². The predicted octanol–water partition coefficient (Wildman–Crippen LogP) is 3.39. The summed E-state index contributed by atoms with van der Waals surface area (Å²) < 4.78 is 10.6. The Labute approximate surface area is 129 Å². The Hall–Kier alpha value is -2.88. The van der Waals surface area contributed by atoms with Crippen molar-refractivity contribution >= 4 is 17.9 Å². The Morgan fingerprint density at radius 3 is 2.23 bits per heavy atom. The van der Waals surface area contributed by atoms with E-state index in [-0.39, 0.29) is 5.78 Å². The van der Waals surface area contributed by atoms with Gasteiger partial charge in [-0.2, -0.15) is 0 Å². The van der Waals surface area contributed by atoms with Crippen LogP contribution in [0, 0.1) is 0 Å². The van der Waals surface area contributed by atoms with Gasteiger partial charge in [0.25, 0.3) is 0 Å². The van der Waals surface area contributed by atoms with E-state index in [1.807, 2.05) is 36.4 Å². The van der Waals surface area contributed by atoms with E-state index in [0.29, 0.717) is 11.5 Å². The molecule has 0 atom stereocenters. The maximum Gasteiger partial charge on any atom is 0.178 e. The van der Waals surface area contributed by atoms with Crippen LogP contribution in [-0.4, -0.2) is 25.0 Å². The number of allylic oxidation sites excluding steroid dienone is 2. The van der Waals surface area contributed by atoms with Crippen LogP contribution in [0.5, 0.6) is 11.5 Å². The van der Waals surface area contributed by atoms with Crippen molar-refractivity contribution in [2.75, 3.05) is 14.2 Å². The van der Waals surface area contributed by atoms with Crippen molar-refractivity contribution in [1.82, 2.24) is 4.98 Å². The lowest BCUT2D eigenvalue weighted by molar-refractivity contribution is -0.110. The largest absolute Gasteiger partial charge is 0.496 e. The molecule has 0 radical (unpaired) electrons. The number of pyridine rings is 1. The van der Waals surface area contributed by atoms with Crippen LogP contribution in [0.1, 0.15) is 11.3 Å². The van der Waals surface area contributed by atoms with E-state index in [1.54, 1.807) is 32.6 Å². The first-order valence-electron chi connectivity index (χ1n) is 6.76. The molecule has 0 saturated carbocycles. The van der Waals surface area contributed by atoms with Crippen molar-refractivity contribution in [3.05, 3.63) is 66.0 Å². The number of hydrogen-bond donors (Lipinski definition) is 0. The molecule has 112 valence electrons. The molecular formula is C18H17NO3. The normalized spacial score (nSPS) is 11.0. The molecule has 1 heterocycles. The molecular weight excluding hydrogens is 278 g/mol. The van der Waals surface area contributed by atoms with Crippen LogP contribution < -0.4 is 9.47 Å². The summed E-state index contributed by atoms with van der Waals surface area (Å²) >= 11 is 0. The van der Waals surface area contributed by atoms with Crippen molar-refractivity contribution < 1.29 is 14.3 Å². The number of methoxy groups -OCH3 is 2. The average molecular weight is 295 g/mol. The fourth-order valence-electron chi connectivity index (χ4n) is 1.91. The topological polar surface area (TPSA) is 48.4 Å². The number of aromatic nitrogens is 1. The number of hydrogen-bond acceptors (Lipinski definition) is 4. The molecule has 0 N–H and O–H groups in total. The minimum absolute atomic E-state index is 0.140. The Bertz CT molecular complexity index is 668. The summed E-state index contributed by atoms with van der Waals surface area (Å²) in [6.07, 6.45) is 7.98. The Morgan fingerprint density at radius 2 is 1.64 bits per heavy atom. The Morgan fingerprint density at radius 1 is 0.955 bits per heavy atom. The van der Waals surface area contributed by atoms with E-state index in [2.05, 4.69) is 4.98 Å². The van der Waals surface area contributed by atoms with E-state index < -0.39 is 0 Å². The van der Waals surface area contributed by atoms with Gasteiger partial charge in [0.2, 0.25) is 0 Å². The van der Waals surface area contributed by atoms with Gasteiger partial charge in [-0.15, -0.1) is 0 Å². The maximum atomic E-state index is 11.9. The van der Waals surface area contributed by atoms with Gasteiger partial charge >= 0.3 is 0 Å². The standard InChI is InChI=1S/C18H17NO3/c1-21-17-7-5-8-18(22-2)16(17)12-11-15(20)10-9-14-6-3-4-13-19-14/h3-13H,1-2H3/b10-9+,12-11+. The van der Waals surface area contributed by atoms with Crippen molar-refractivity contribution in [1.29, 1.82) is 0 Å². The predicted molar refractivity (Wildman–Crippen MR) is 86.9 cm³/mol. The average Bonchev–Trinajstić information content (AvgIpc) is 2.58. The minimum Gasteiger partial charge on any atom is -0.496 e. The first-order chi connectivity index (χ1) is 10.7. The second kappa shape index (κ2) is 7.78. The quantitative estimate of drug-likeness (QED) is 0.766. The van der Waals surface area contributed by atoms with Crippen LogP contribution >= 0.6 is 0 Å². The molecule has 0 bridgehead atoms. The third kappa shape index (κ3) is 4.06. The van der Waals surface area contributed by atoms with Gasteiger partial charge in [0.15, 0.2) is 5.78 Å². The molecule has 0 saturated heterocycles. The summed E-state index contributed by atoms with van der Waals surface area (Å²) in [5.74, 6) is 1.16. The molecule has 0 spiro atoms. The first kappa shape index (κ1) is 15.5. The molecule has 22 heavy (non-hydrogen) atoms. The molecule has 1 aromatic carbocycles. The molecule has 1 aromatic heterocycles. The van der Waals surface area contributed by atoms with Crippen LogP contribution in [0.25, 0.3) is 12.2 Å². The van der Waals surface area contributed by atoms with Crippen molar-refractivity contribution in [3.8, 4) is 11.5 Å². The number of rotatable bonds is 6. The molecule has 0 aliphatic rings. The van der Waals surface area contributed by atoms with Crippen molar-refractivity contribution in [3.63, 3.8) is 0 Å². The fraction of sp³-hybridized carbons (Fsp3) is 0.111. The number of nitrogens with zero attached hydrogens (tertiary/aromatic N) is 1. The zero-order chi connectivity index (χ0) is 15.8. The van der Waals surface area contributed by atoms with Gasteiger partial charge in [0, 0.05) is 6.20 Å². The third-order valence-corrected chi connectivity index (χ3v) is 2.99. The van der Waals surface area contributed by atoms with Gasteiger partial charge in [-0.1, -0.05) is 12.1 Å². The van der Waals surface area contributed by atoms with Gasteiger partial charge < -0.3 is 9.47 Å². The Kier molecular flexibility index (Phi) is 5.49. The van der Waals surface area contributed by atoms with Crippen LogP contribution in [-0.2, 0) is 4.79 Å². The number of benzene rings is 1. The minimum atomic E-state index is -0.140. The Balaban J connectivity index is 2.15. The SMILES string of the molecule is COc1cccc(OC)c1/C=C/C(=O)/C=C/c1ccccn1. The van der Waals surface area contributed by atoms with Gasteiger partial charge in [-0.05, 0) is 48.6 Å². The van der Waals surface area contributed by atoms with Crippen molar-refractivity contribution in [2.24, 2.45) is 0 Å². The molecule has 0 fully saturated rings. The summed E-state index contributed by atoms with van der Waals surface area (Å²) in [4.78, 5) is 16.0. The van der Waals surface area contributed by atoms with Crippen LogP contribution in [0.15, 0.2) is 54.7 Å². The lowest BCUT2D eigenvalue weighted by Crippen LogP contribution is -1.93. The zero-order valence-electron chi connectivity index (χ0n) is 12.5. The highest BCUT2D eigenvalue weighted by atomic mass is 16.5. The van der Waals surface area contributed by atoms with E-state index >= 15 is 0 Å². The molecule has 0 aliphatic carbocycles. The number of carbonyl (C=O) groups excluding carboxylic acids is 1. The summed E-state index contributed by atoms with van der Waals surface area (Å²) in [5.41, 5.74) is 1.46. The molecule has 2 aromatic rings. The van der Waals surface area contributed by atoms with Gasteiger partial charge in [0.05, 0.1) is 25.5 Å². The summed E-state index contributed by atoms with van der Waals surface area (Å²) in [5, 5.41) is 0. The highest BCUT2D eigenvalue weighted by Crippen LogP contribution is 2.29. The lowest BCUT2D eigenvalue weighted by atomic mass is 10.1. The molecule has 0 aliphatic heterocycles. The number of carbonyl (C=O) groups is 1. The number of ether oxygens (including phenoxy) is 2. The summed E-state index contributed by atoms with van der Waals surface area (Å²) in [7, 11) is 3.16. The lowest BCUT2D eigenvalue weighted by Gasteiger charge is -2.09. The molecule has 4 nitrogen and oxygen atoms in total. The van der Waals surface area contributed by atoms with E-state index in [1.165, 1.54) is 12.2 Å². The fourth-order valence-corrected chi connectivity index (χ4v) is 1.91. The summed E-state index contributed by atoms with van der Waals surface area (Å²) in [6, 6.07) is 11.0. The molecule has 0 unspecified atom stereocenters. The monoisotopic (exact) mass is 295 g/mol. The van der Waals surface area contributed by atoms with Crippen LogP contribution in [0.2, 0.25) is 0 Å². The maximum absolute atomic E-state index is 11.9. The van der Waals surface area contributed by atoms with Crippen LogP contribution in [0.4, 0.5) is 0 Å². The summed E-state index contributed by atoms with van der Waals surface area (Å²) in [6.45, 7) is 0. The number of ketones is 1. The zero-order valence-corrected chi connectivity index (χ0v) is 12.5. The first-order valence-corrected chi connectivity index (χ1v) is 6.76. The van der Waals surface area contributed by atoms with Gasteiger partial charge in [-0.3, -0.25) is 9.78 Å². The van der Waals surface area contributed by atoms with Crippen molar-refractivity contribution in [2.45, 2.75) is 0 Å². The highest BCUT2D eigenvalue weighted by Gasteiger charge is 2.06. The van der Waals surface area contributed by atoms with E-state index in [4.69, 9.17) is 9.47 Å². The second-order valence-electron chi connectivity index (χ2n) is 4.40. The van der Waals surface area contributed by atoms with E-state index in [9.17, 15) is 4.79 Å². The third-order valence-electron chi connectivity index (χ3n) is 2.99. The molecule has 2 rings (SSSR count). The smallest absolute Gasteiger partial charge is 0.178 e. The second-order valence-corrected chi connectivity index (χ2v) is 4.40.